The largest absolute Gasteiger partial charge is 0.300 e. The topological polar surface area (TPSA) is 20.3 Å². The quantitative estimate of drug-likeness (QED) is 0.701. The van der Waals surface area contributed by atoms with Gasteiger partial charge in [0.25, 0.3) is 0 Å². The van der Waals surface area contributed by atoms with E-state index in [9.17, 15) is 4.21 Å². The Kier molecular flexibility index (Phi) is 4.58. The van der Waals surface area contributed by atoms with Crippen LogP contribution in [-0.2, 0) is 10.8 Å². The van der Waals surface area contributed by atoms with Crippen LogP contribution >= 0.6 is 0 Å². The van der Waals surface area contributed by atoms with Gasteiger partial charge in [-0.25, -0.2) is 0 Å². The normalized spacial score (nSPS) is 24.4. The van der Waals surface area contributed by atoms with E-state index in [4.69, 9.17) is 0 Å². The first-order chi connectivity index (χ1) is 6.52. The van der Waals surface area contributed by atoms with Crippen molar-refractivity contribution in [2.24, 2.45) is 5.92 Å². The zero-order chi connectivity index (χ0) is 10.7. The van der Waals surface area contributed by atoms with Crippen LogP contribution in [0.4, 0.5) is 0 Å². The second-order valence-electron chi connectivity index (χ2n) is 4.69. The van der Waals surface area contributed by atoms with Crippen LogP contribution in [0.5, 0.6) is 0 Å². The van der Waals surface area contributed by atoms with Crippen LogP contribution in [0.25, 0.3) is 0 Å². The Bertz CT molecular complexity index is 203. The molecule has 1 aliphatic carbocycles. The highest BCUT2D eigenvalue weighted by molar-refractivity contribution is 7.84. The Morgan fingerprint density at radius 1 is 1.43 bits per heavy atom. The summed E-state index contributed by atoms with van der Waals surface area (Å²) >= 11 is 0. The van der Waals surface area contributed by atoms with Crippen LogP contribution in [0.15, 0.2) is 0 Å². The molecule has 0 aromatic heterocycles. The molecule has 1 rings (SSSR count). The van der Waals surface area contributed by atoms with E-state index < -0.39 is 10.8 Å². The molecule has 0 unspecified atom stereocenters. The van der Waals surface area contributed by atoms with Crippen LogP contribution in [-0.4, -0.2) is 40.2 Å². The van der Waals surface area contributed by atoms with Gasteiger partial charge in [-0.2, -0.15) is 0 Å². The van der Waals surface area contributed by atoms with Gasteiger partial charge in [0.05, 0.1) is 0 Å². The summed E-state index contributed by atoms with van der Waals surface area (Å²) in [6.07, 6.45) is 5.95. The standard InChI is InChI=1S/C11H23NOS/c1-9(8-14(4)13)12(3)10(2)11-6-5-7-11/h9-11H,5-8H2,1-4H3/t9-,10+,14+/m1/s1. The fourth-order valence-corrected chi connectivity index (χ4v) is 3.03. The predicted octanol–water partition coefficient (Wildman–Crippen LogP) is 1.87. The molecule has 0 heterocycles. The highest BCUT2D eigenvalue weighted by Gasteiger charge is 2.28. The molecule has 84 valence electrons. The van der Waals surface area contributed by atoms with Crippen molar-refractivity contribution in [3.05, 3.63) is 0 Å². The number of hydrogen-bond donors (Lipinski definition) is 0. The van der Waals surface area contributed by atoms with Gasteiger partial charge in [-0.1, -0.05) is 6.42 Å². The third-order valence-corrected chi connectivity index (χ3v) is 4.60. The van der Waals surface area contributed by atoms with Crippen molar-refractivity contribution in [2.75, 3.05) is 19.1 Å². The summed E-state index contributed by atoms with van der Waals surface area (Å²) in [4.78, 5) is 2.39. The minimum absolute atomic E-state index is 0.441. The zero-order valence-corrected chi connectivity index (χ0v) is 10.6. The average Bonchev–Trinajstić information content (AvgIpc) is 1.98. The van der Waals surface area contributed by atoms with Gasteiger partial charge in [0.2, 0.25) is 0 Å². The third kappa shape index (κ3) is 3.06. The highest BCUT2D eigenvalue weighted by Crippen LogP contribution is 2.32. The Balaban J connectivity index is 2.37. The fraction of sp³-hybridized carbons (Fsp3) is 1.00. The molecule has 0 N–H and O–H groups in total. The average molecular weight is 217 g/mol. The molecule has 0 aliphatic heterocycles. The fourth-order valence-electron chi connectivity index (χ4n) is 2.11. The van der Waals surface area contributed by atoms with Crippen molar-refractivity contribution in [1.82, 2.24) is 4.90 Å². The number of nitrogens with zero attached hydrogens (tertiary/aromatic N) is 1. The second kappa shape index (κ2) is 5.26. The molecule has 0 spiro atoms. The van der Waals surface area contributed by atoms with Crippen molar-refractivity contribution < 1.29 is 4.21 Å². The van der Waals surface area contributed by atoms with Gasteiger partial charge in [-0.05, 0) is 39.7 Å². The van der Waals surface area contributed by atoms with E-state index in [1.165, 1.54) is 19.3 Å². The van der Waals surface area contributed by atoms with Crippen LogP contribution in [0.2, 0.25) is 0 Å². The predicted molar refractivity (Wildman–Crippen MR) is 63.0 cm³/mol. The summed E-state index contributed by atoms with van der Waals surface area (Å²) in [6, 6.07) is 1.10. The molecule has 0 bridgehead atoms. The van der Waals surface area contributed by atoms with Crippen molar-refractivity contribution in [1.29, 1.82) is 0 Å². The molecular weight excluding hydrogens is 194 g/mol. The van der Waals surface area contributed by atoms with Gasteiger partial charge in [-0.3, -0.25) is 9.11 Å². The molecule has 0 radical (unpaired) electrons. The maximum Gasteiger partial charge on any atom is 0.0385 e. The van der Waals surface area contributed by atoms with Gasteiger partial charge in [-0.15, -0.1) is 0 Å². The van der Waals surface area contributed by atoms with Gasteiger partial charge < -0.3 is 0 Å². The Morgan fingerprint density at radius 2 is 2.00 bits per heavy atom. The summed E-state index contributed by atoms with van der Waals surface area (Å²) < 4.78 is 11.1. The molecular formula is C11H23NOS. The monoisotopic (exact) mass is 217 g/mol. The summed E-state index contributed by atoms with van der Waals surface area (Å²) in [5.74, 6) is 1.68. The van der Waals surface area contributed by atoms with E-state index in [0.717, 1.165) is 11.7 Å². The lowest BCUT2D eigenvalue weighted by Crippen LogP contribution is -2.45. The Labute approximate surface area is 90.5 Å². The third-order valence-electron chi connectivity index (χ3n) is 3.65. The maximum absolute atomic E-state index is 11.1. The van der Waals surface area contributed by atoms with E-state index in [2.05, 4.69) is 25.8 Å². The van der Waals surface area contributed by atoms with E-state index in [0.29, 0.717) is 12.1 Å². The van der Waals surface area contributed by atoms with Gasteiger partial charge in [0, 0.05) is 34.9 Å². The maximum atomic E-state index is 11.1. The molecule has 0 amide bonds. The number of rotatable bonds is 5. The SMILES string of the molecule is C[C@H](C[S@](C)=O)N(C)[C@@H](C)C1CCC1. The minimum Gasteiger partial charge on any atom is -0.300 e. The lowest BCUT2D eigenvalue weighted by Gasteiger charge is -2.40. The summed E-state index contributed by atoms with van der Waals surface area (Å²) in [6.45, 7) is 4.48. The summed E-state index contributed by atoms with van der Waals surface area (Å²) in [5, 5.41) is 0. The smallest absolute Gasteiger partial charge is 0.0385 e. The van der Waals surface area contributed by atoms with Crippen LogP contribution in [0, 0.1) is 5.92 Å². The van der Waals surface area contributed by atoms with Crippen LogP contribution in [0.3, 0.4) is 0 Å². The van der Waals surface area contributed by atoms with Gasteiger partial charge in [0.15, 0.2) is 0 Å². The molecule has 1 aliphatic rings. The molecule has 3 heteroatoms. The van der Waals surface area contributed by atoms with Crippen LogP contribution in [0.1, 0.15) is 33.1 Å². The number of hydrogen-bond acceptors (Lipinski definition) is 2. The van der Waals surface area contributed by atoms with Gasteiger partial charge >= 0.3 is 0 Å². The van der Waals surface area contributed by atoms with Crippen molar-refractivity contribution in [2.45, 2.75) is 45.2 Å². The molecule has 0 saturated heterocycles. The first kappa shape index (κ1) is 12.2. The molecule has 3 atom stereocenters. The van der Waals surface area contributed by atoms with E-state index in [-0.39, 0.29) is 0 Å². The molecule has 2 nitrogen and oxygen atoms in total. The summed E-state index contributed by atoms with van der Waals surface area (Å²) in [7, 11) is 1.50. The lowest BCUT2D eigenvalue weighted by atomic mass is 9.79. The highest BCUT2D eigenvalue weighted by atomic mass is 32.2. The summed E-state index contributed by atoms with van der Waals surface area (Å²) in [5.41, 5.74) is 0. The molecule has 0 aromatic carbocycles. The van der Waals surface area contributed by atoms with E-state index in [1.54, 1.807) is 6.26 Å². The Morgan fingerprint density at radius 3 is 2.36 bits per heavy atom. The molecule has 1 saturated carbocycles. The first-order valence-corrected chi connectivity index (χ1v) is 7.27. The van der Waals surface area contributed by atoms with Crippen LogP contribution < -0.4 is 0 Å². The lowest BCUT2D eigenvalue weighted by molar-refractivity contribution is 0.108. The van der Waals surface area contributed by atoms with E-state index in [1.807, 2.05) is 0 Å². The zero-order valence-electron chi connectivity index (χ0n) is 9.82. The first-order valence-electron chi connectivity index (χ1n) is 5.54. The second-order valence-corrected chi connectivity index (χ2v) is 6.17. The Hall–Kier alpha value is 0.110. The molecule has 14 heavy (non-hydrogen) atoms. The molecule has 1 fully saturated rings. The van der Waals surface area contributed by atoms with Gasteiger partial charge in [0.1, 0.15) is 0 Å². The van der Waals surface area contributed by atoms with E-state index >= 15 is 0 Å². The molecule has 0 aromatic rings. The minimum atomic E-state index is -0.672. The van der Waals surface area contributed by atoms with Crippen molar-refractivity contribution >= 4 is 10.8 Å². The van der Waals surface area contributed by atoms with Crippen molar-refractivity contribution in [3.63, 3.8) is 0 Å². The van der Waals surface area contributed by atoms with Crippen molar-refractivity contribution in [3.8, 4) is 0 Å².